The van der Waals surface area contributed by atoms with Crippen molar-refractivity contribution in [2.75, 3.05) is 0 Å². The maximum atomic E-state index is 14.2. The Balaban J connectivity index is 2.54. The summed E-state index contributed by atoms with van der Waals surface area (Å²) in [5.41, 5.74) is 1.62. The quantitative estimate of drug-likeness (QED) is 0.455. The molecule has 0 aliphatic carbocycles. The van der Waals surface area contributed by atoms with Gasteiger partial charge in [0.05, 0.1) is 0 Å². The van der Waals surface area contributed by atoms with Gasteiger partial charge in [0.2, 0.25) is 11.8 Å². The first-order valence-corrected chi connectivity index (χ1v) is 12.6. The number of ether oxygens (including phenoxy) is 1. The van der Waals surface area contributed by atoms with Crippen LogP contribution < -0.4 is 10.6 Å². The van der Waals surface area contributed by atoms with Crippen molar-refractivity contribution in [2.45, 2.75) is 91.6 Å². The van der Waals surface area contributed by atoms with E-state index in [1.807, 2.05) is 58.9 Å². The van der Waals surface area contributed by atoms with Gasteiger partial charge in [-0.05, 0) is 78.6 Å². The minimum absolute atomic E-state index is 0.0976. The van der Waals surface area contributed by atoms with Crippen LogP contribution in [0.5, 0.6) is 5.75 Å². The Kier molecular flexibility index (Phi) is 10.1. The maximum absolute atomic E-state index is 14.2. The number of alkyl carbamates (subject to hydrolysis) is 1. The van der Waals surface area contributed by atoms with Crippen LogP contribution in [0.1, 0.15) is 71.2 Å². The van der Waals surface area contributed by atoms with Crippen molar-refractivity contribution in [3.63, 3.8) is 0 Å². The average Bonchev–Trinajstić information content (AvgIpc) is 2.75. The Labute approximate surface area is 220 Å². The molecular formula is C29H41N3O5. The van der Waals surface area contributed by atoms with Crippen LogP contribution in [0.3, 0.4) is 0 Å². The number of hydrogen-bond donors (Lipinski definition) is 3. The Morgan fingerprint density at radius 2 is 1.59 bits per heavy atom. The molecule has 3 N–H and O–H groups in total. The molecule has 0 fully saturated rings. The van der Waals surface area contributed by atoms with Crippen LogP contribution >= 0.6 is 0 Å². The SMILES string of the molecule is Cc1cccc(C(C(=O)NC(C)C)N(C(=O)C(Cc2ccc(O)cc2)NC(=O)OC(C)(C)C)C(C)C)c1. The monoisotopic (exact) mass is 511 g/mol. The van der Waals surface area contributed by atoms with Gasteiger partial charge in [-0.15, -0.1) is 0 Å². The van der Waals surface area contributed by atoms with E-state index in [0.29, 0.717) is 5.56 Å². The predicted molar refractivity (Wildman–Crippen MR) is 144 cm³/mol. The summed E-state index contributed by atoms with van der Waals surface area (Å²) in [5.74, 6) is -0.622. The number of nitrogens with one attached hydrogen (secondary N) is 2. The smallest absolute Gasteiger partial charge is 0.408 e. The molecule has 0 aromatic heterocycles. The summed E-state index contributed by atoms with van der Waals surface area (Å²) in [6.07, 6.45) is -0.583. The number of aryl methyl sites for hydroxylation is 1. The molecule has 3 amide bonds. The second-order valence-corrected chi connectivity index (χ2v) is 10.9. The molecule has 2 aromatic carbocycles. The van der Waals surface area contributed by atoms with Crippen LogP contribution in [0, 0.1) is 6.92 Å². The summed E-state index contributed by atoms with van der Waals surface area (Å²) < 4.78 is 5.44. The molecule has 0 heterocycles. The van der Waals surface area contributed by atoms with Crippen molar-refractivity contribution in [3.8, 4) is 5.75 Å². The number of phenols is 1. The summed E-state index contributed by atoms with van der Waals surface area (Å²) >= 11 is 0. The van der Waals surface area contributed by atoms with E-state index in [1.54, 1.807) is 32.9 Å². The zero-order valence-electron chi connectivity index (χ0n) is 23.2. The van der Waals surface area contributed by atoms with Crippen LogP contribution in [0.2, 0.25) is 0 Å². The third-order valence-electron chi connectivity index (χ3n) is 5.49. The molecule has 2 aromatic rings. The number of phenolic OH excluding ortho intramolecular Hbond substituents is 1. The van der Waals surface area contributed by atoms with E-state index in [4.69, 9.17) is 4.74 Å². The van der Waals surface area contributed by atoms with Crippen molar-refractivity contribution >= 4 is 17.9 Å². The molecule has 0 saturated carbocycles. The molecule has 0 aliphatic rings. The molecular weight excluding hydrogens is 470 g/mol. The summed E-state index contributed by atoms with van der Waals surface area (Å²) in [6, 6.07) is 11.5. The number of aromatic hydroxyl groups is 1. The molecule has 0 aliphatic heterocycles. The summed E-state index contributed by atoms with van der Waals surface area (Å²) in [7, 11) is 0. The van der Waals surface area contributed by atoms with Crippen molar-refractivity contribution in [1.82, 2.24) is 15.5 Å². The van der Waals surface area contributed by atoms with Crippen LogP contribution in [0.25, 0.3) is 0 Å². The van der Waals surface area contributed by atoms with Gasteiger partial charge in [0.15, 0.2) is 0 Å². The second-order valence-electron chi connectivity index (χ2n) is 10.9. The highest BCUT2D eigenvalue weighted by molar-refractivity contribution is 5.92. The Morgan fingerprint density at radius 3 is 2.11 bits per heavy atom. The van der Waals surface area contributed by atoms with E-state index < -0.39 is 29.7 Å². The minimum atomic E-state index is -1.01. The fourth-order valence-electron chi connectivity index (χ4n) is 4.02. The van der Waals surface area contributed by atoms with E-state index in [1.165, 1.54) is 17.0 Å². The number of nitrogens with zero attached hydrogens (tertiary/aromatic N) is 1. The number of carbonyl (C=O) groups excluding carboxylic acids is 3. The molecule has 0 radical (unpaired) electrons. The van der Waals surface area contributed by atoms with E-state index in [2.05, 4.69) is 10.6 Å². The number of amides is 3. The standard InChI is InChI=1S/C29H41N3O5/c1-18(2)30-26(34)25(22-11-9-10-20(5)16-22)32(19(3)4)27(35)24(31-28(36)37-29(6,7)8)17-21-12-14-23(33)15-13-21/h9-16,18-19,24-25,33H,17H2,1-8H3,(H,30,34)(H,31,36). The fraction of sp³-hybridized carbons (Fsp3) is 0.483. The first kappa shape index (κ1) is 29.7. The lowest BCUT2D eigenvalue weighted by molar-refractivity contribution is -0.144. The van der Waals surface area contributed by atoms with E-state index >= 15 is 0 Å². The summed E-state index contributed by atoms with van der Waals surface area (Å²) in [5, 5.41) is 15.3. The Morgan fingerprint density at radius 1 is 0.973 bits per heavy atom. The van der Waals surface area contributed by atoms with Crippen molar-refractivity contribution in [2.24, 2.45) is 0 Å². The molecule has 0 saturated heterocycles. The van der Waals surface area contributed by atoms with Gasteiger partial charge in [0.25, 0.3) is 0 Å². The third-order valence-corrected chi connectivity index (χ3v) is 5.49. The molecule has 202 valence electrons. The van der Waals surface area contributed by atoms with Crippen molar-refractivity contribution in [3.05, 3.63) is 65.2 Å². The van der Waals surface area contributed by atoms with Gasteiger partial charge in [-0.1, -0.05) is 42.0 Å². The first-order chi connectivity index (χ1) is 17.2. The number of benzene rings is 2. The molecule has 8 heteroatoms. The molecule has 2 rings (SSSR count). The molecule has 2 atom stereocenters. The Bertz CT molecular complexity index is 1070. The highest BCUT2D eigenvalue weighted by atomic mass is 16.6. The Hall–Kier alpha value is -3.55. The van der Waals surface area contributed by atoms with E-state index in [9.17, 15) is 19.5 Å². The summed E-state index contributed by atoms with van der Waals surface area (Å²) in [4.78, 5) is 41.9. The largest absolute Gasteiger partial charge is 0.508 e. The van der Waals surface area contributed by atoms with Gasteiger partial charge in [0.1, 0.15) is 23.4 Å². The lowest BCUT2D eigenvalue weighted by Gasteiger charge is -2.37. The number of hydrogen-bond acceptors (Lipinski definition) is 5. The number of carbonyl (C=O) groups is 3. The van der Waals surface area contributed by atoms with Gasteiger partial charge in [-0.3, -0.25) is 9.59 Å². The van der Waals surface area contributed by atoms with Gasteiger partial charge in [-0.25, -0.2) is 4.79 Å². The van der Waals surface area contributed by atoms with Crippen LogP contribution in [0.15, 0.2) is 48.5 Å². The summed E-state index contributed by atoms with van der Waals surface area (Å²) in [6.45, 7) is 14.6. The molecule has 37 heavy (non-hydrogen) atoms. The molecule has 2 unspecified atom stereocenters. The molecule has 0 spiro atoms. The van der Waals surface area contributed by atoms with Gasteiger partial charge in [-0.2, -0.15) is 0 Å². The topological polar surface area (TPSA) is 108 Å². The highest BCUT2D eigenvalue weighted by Crippen LogP contribution is 2.27. The van der Waals surface area contributed by atoms with Crippen LogP contribution in [-0.4, -0.2) is 51.6 Å². The van der Waals surface area contributed by atoms with Gasteiger partial charge >= 0.3 is 6.09 Å². The van der Waals surface area contributed by atoms with E-state index in [0.717, 1.165) is 11.1 Å². The highest BCUT2D eigenvalue weighted by Gasteiger charge is 2.38. The molecule has 0 bridgehead atoms. The van der Waals surface area contributed by atoms with Crippen LogP contribution in [0.4, 0.5) is 4.79 Å². The molecule has 8 nitrogen and oxygen atoms in total. The van der Waals surface area contributed by atoms with Crippen LogP contribution in [-0.2, 0) is 20.7 Å². The second kappa shape index (κ2) is 12.6. The lowest BCUT2D eigenvalue weighted by atomic mass is 9.97. The first-order valence-electron chi connectivity index (χ1n) is 12.6. The maximum Gasteiger partial charge on any atom is 0.408 e. The third kappa shape index (κ3) is 9.12. The lowest BCUT2D eigenvalue weighted by Crippen LogP contribution is -2.56. The van der Waals surface area contributed by atoms with Crippen molar-refractivity contribution in [1.29, 1.82) is 0 Å². The average molecular weight is 512 g/mol. The number of rotatable bonds is 9. The zero-order valence-corrected chi connectivity index (χ0v) is 23.2. The zero-order chi connectivity index (χ0) is 27.9. The normalized spacial score (nSPS) is 13.1. The van der Waals surface area contributed by atoms with E-state index in [-0.39, 0.29) is 30.2 Å². The predicted octanol–water partition coefficient (Wildman–Crippen LogP) is 4.64. The van der Waals surface area contributed by atoms with Gasteiger partial charge < -0.3 is 25.4 Å². The fourth-order valence-corrected chi connectivity index (χ4v) is 4.02. The van der Waals surface area contributed by atoms with Crippen molar-refractivity contribution < 1.29 is 24.2 Å². The minimum Gasteiger partial charge on any atom is -0.508 e. The van der Waals surface area contributed by atoms with Gasteiger partial charge in [0, 0.05) is 18.5 Å².